The van der Waals surface area contributed by atoms with Crippen LogP contribution in [0.25, 0.3) is 27.6 Å². The molecule has 3 heteroatoms. The fourth-order valence-corrected chi connectivity index (χ4v) is 4.84. The van der Waals surface area contributed by atoms with E-state index in [1.807, 2.05) is 6.07 Å². The molecule has 5 aromatic rings. The second-order valence-electron chi connectivity index (χ2n) is 9.49. The molecule has 1 heterocycles. The molecule has 184 valence electrons. The van der Waals surface area contributed by atoms with E-state index in [4.69, 9.17) is 9.72 Å². The topological polar surface area (TPSA) is 25.4 Å². The van der Waals surface area contributed by atoms with Gasteiger partial charge in [-0.25, -0.2) is 4.98 Å². The fraction of sp³-hybridized carbons (Fsp3) is 0.147. The summed E-state index contributed by atoms with van der Waals surface area (Å²) in [6.45, 7) is 0.828. The summed E-state index contributed by atoms with van der Waals surface area (Å²) in [6, 6.07) is 40.5. The number of ether oxygens (including phenoxy) is 1. The SMILES string of the molecule is COc1nc2ccc(-c3ccccc3)cc2cc1C(C(=CCN(C)C)c1ccccc1)c1ccccc1. The number of methoxy groups -OCH3 is 1. The molecule has 0 saturated carbocycles. The lowest BCUT2D eigenvalue weighted by Crippen LogP contribution is -2.14. The largest absolute Gasteiger partial charge is 0.481 e. The first-order chi connectivity index (χ1) is 18.1. The molecule has 0 amide bonds. The highest BCUT2D eigenvalue weighted by molar-refractivity contribution is 5.87. The monoisotopic (exact) mass is 484 g/mol. The number of aromatic nitrogens is 1. The molecule has 4 aromatic carbocycles. The van der Waals surface area contributed by atoms with Crippen LogP contribution < -0.4 is 4.74 Å². The Balaban J connectivity index is 1.74. The molecule has 0 spiro atoms. The molecule has 0 radical (unpaired) electrons. The second-order valence-corrected chi connectivity index (χ2v) is 9.49. The molecule has 1 aromatic heterocycles. The maximum Gasteiger partial charge on any atom is 0.217 e. The number of allylic oxidation sites excluding steroid dienone is 1. The van der Waals surface area contributed by atoms with E-state index in [1.165, 1.54) is 27.8 Å². The Labute approximate surface area is 219 Å². The fourth-order valence-electron chi connectivity index (χ4n) is 4.84. The smallest absolute Gasteiger partial charge is 0.217 e. The van der Waals surface area contributed by atoms with E-state index in [-0.39, 0.29) is 5.92 Å². The molecule has 0 bridgehead atoms. The molecule has 3 nitrogen and oxygen atoms in total. The van der Waals surface area contributed by atoms with Crippen molar-refractivity contribution in [2.75, 3.05) is 27.7 Å². The maximum absolute atomic E-state index is 5.93. The van der Waals surface area contributed by atoms with E-state index in [1.54, 1.807) is 7.11 Å². The van der Waals surface area contributed by atoms with Crippen molar-refractivity contribution in [3.63, 3.8) is 0 Å². The van der Waals surface area contributed by atoms with Gasteiger partial charge < -0.3 is 9.64 Å². The van der Waals surface area contributed by atoms with E-state index in [0.29, 0.717) is 5.88 Å². The Morgan fingerprint density at radius 3 is 2.08 bits per heavy atom. The van der Waals surface area contributed by atoms with E-state index >= 15 is 0 Å². The zero-order valence-electron chi connectivity index (χ0n) is 21.6. The molecule has 5 rings (SSSR count). The first-order valence-corrected chi connectivity index (χ1v) is 12.6. The first kappa shape index (κ1) is 24.5. The molecule has 0 fully saturated rings. The van der Waals surface area contributed by atoms with Crippen molar-refractivity contribution in [2.24, 2.45) is 0 Å². The molecular formula is C34H32N2O. The van der Waals surface area contributed by atoms with Crippen molar-refractivity contribution in [1.82, 2.24) is 9.88 Å². The van der Waals surface area contributed by atoms with E-state index in [2.05, 4.69) is 134 Å². The quantitative estimate of drug-likeness (QED) is 0.226. The van der Waals surface area contributed by atoms with Crippen molar-refractivity contribution < 1.29 is 4.74 Å². The van der Waals surface area contributed by atoms with Gasteiger partial charge >= 0.3 is 0 Å². The van der Waals surface area contributed by atoms with E-state index < -0.39 is 0 Å². The average molecular weight is 485 g/mol. The summed E-state index contributed by atoms with van der Waals surface area (Å²) >= 11 is 0. The summed E-state index contributed by atoms with van der Waals surface area (Å²) in [7, 11) is 5.91. The lowest BCUT2D eigenvalue weighted by atomic mass is 9.81. The second kappa shape index (κ2) is 11.2. The van der Waals surface area contributed by atoms with Gasteiger partial charge in [0.15, 0.2) is 0 Å². The van der Waals surface area contributed by atoms with Gasteiger partial charge in [0.25, 0.3) is 0 Å². The Kier molecular flexibility index (Phi) is 7.43. The van der Waals surface area contributed by atoms with Crippen molar-refractivity contribution in [2.45, 2.75) is 5.92 Å². The van der Waals surface area contributed by atoms with Crippen LogP contribution in [0.1, 0.15) is 22.6 Å². The van der Waals surface area contributed by atoms with Crippen LogP contribution >= 0.6 is 0 Å². The molecule has 0 saturated heterocycles. The molecule has 0 aliphatic carbocycles. The molecule has 1 atom stereocenters. The Morgan fingerprint density at radius 2 is 1.43 bits per heavy atom. The van der Waals surface area contributed by atoms with Crippen LogP contribution in [-0.2, 0) is 0 Å². The van der Waals surface area contributed by atoms with Gasteiger partial charge in [0.05, 0.1) is 12.6 Å². The van der Waals surface area contributed by atoms with Crippen LogP contribution in [-0.4, -0.2) is 37.6 Å². The van der Waals surface area contributed by atoms with Gasteiger partial charge in [-0.2, -0.15) is 0 Å². The lowest BCUT2D eigenvalue weighted by Gasteiger charge is -2.25. The zero-order valence-corrected chi connectivity index (χ0v) is 21.6. The normalized spacial score (nSPS) is 12.6. The molecular weight excluding hydrogens is 452 g/mol. The standard InChI is InChI=1S/C34H32N2O/c1-36(2)22-21-30(26-15-9-5-10-16-26)33(27-17-11-6-12-18-27)31-24-29-23-28(25-13-7-4-8-14-25)19-20-32(29)35-34(31)37-3/h4-21,23-24,33H,22H2,1-3H3. The van der Waals surface area contributed by atoms with Crippen LogP contribution in [0.5, 0.6) is 5.88 Å². The number of rotatable bonds is 8. The number of likely N-dealkylation sites (N-methyl/N-ethyl adjacent to an activating group) is 1. The molecule has 0 N–H and O–H groups in total. The highest BCUT2D eigenvalue weighted by Crippen LogP contribution is 2.42. The molecule has 1 unspecified atom stereocenters. The van der Waals surface area contributed by atoms with Gasteiger partial charge in [0.1, 0.15) is 0 Å². The summed E-state index contributed by atoms with van der Waals surface area (Å²) in [5.41, 5.74) is 7.98. The zero-order chi connectivity index (χ0) is 25.6. The van der Waals surface area contributed by atoms with Crippen LogP contribution in [0.4, 0.5) is 0 Å². The Bertz CT molecular complexity index is 1490. The molecule has 0 aliphatic heterocycles. The van der Waals surface area contributed by atoms with Crippen LogP contribution in [0.15, 0.2) is 121 Å². The summed E-state index contributed by atoms with van der Waals surface area (Å²) in [4.78, 5) is 7.17. The van der Waals surface area contributed by atoms with E-state index in [0.717, 1.165) is 23.0 Å². The number of hydrogen-bond acceptors (Lipinski definition) is 3. The van der Waals surface area contributed by atoms with Crippen molar-refractivity contribution in [3.05, 3.63) is 138 Å². The van der Waals surface area contributed by atoms with Gasteiger partial charge in [0, 0.05) is 23.4 Å². The Hall–Kier alpha value is -4.21. The van der Waals surface area contributed by atoms with Gasteiger partial charge in [-0.1, -0.05) is 103 Å². The lowest BCUT2D eigenvalue weighted by molar-refractivity contribution is 0.394. The minimum absolute atomic E-state index is 0.0456. The van der Waals surface area contributed by atoms with Gasteiger partial charge in [-0.3, -0.25) is 0 Å². The first-order valence-electron chi connectivity index (χ1n) is 12.6. The summed E-state index contributed by atoms with van der Waals surface area (Å²) in [5, 5.41) is 1.10. The molecule has 37 heavy (non-hydrogen) atoms. The average Bonchev–Trinajstić information content (AvgIpc) is 2.95. The third-order valence-electron chi connectivity index (χ3n) is 6.65. The van der Waals surface area contributed by atoms with E-state index in [9.17, 15) is 0 Å². The highest BCUT2D eigenvalue weighted by atomic mass is 16.5. The number of pyridine rings is 1. The molecule has 0 aliphatic rings. The van der Waals surface area contributed by atoms with Crippen LogP contribution in [0.3, 0.4) is 0 Å². The van der Waals surface area contributed by atoms with Crippen LogP contribution in [0, 0.1) is 0 Å². The predicted molar refractivity (Wildman–Crippen MR) is 155 cm³/mol. The summed E-state index contributed by atoms with van der Waals surface area (Å²) in [6.07, 6.45) is 2.33. The van der Waals surface area contributed by atoms with Gasteiger partial charge in [-0.05, 0) is 60.1 Å². The number of nitrogens with zero attached hydrogens (tertiary/aromatic N) is 2. The summed E-state index contributed by atoms with van der Waals surface area (Å²) < 4.78 is 5.93. The van der Waals surface area contributed by atoms with Crippen LogP contribution in [0.2, 0.25) is 0 Å². The van der Waals surface area contributed by atoms with Crippen molar-refractivity contribution in [1.29, 1.82) is 0 Å². The third-order valence-corrected chi connectivity index (χ3v) is 6.65. The number of fused-ring (bicyclic) bond motifs is 1. The maximum atomic E-state index is 5.93. The number of hydrogen-bond donors (Lipinski definition) is 0. The van der Waals surface area contributed by atoms with Crippen molar-refractivity contribution >= 4 is 16.5 Å². The number of benzene rings is 4. The van der Waals surface area contributed by atoms with Gasteiger partial charge in [0.2, 0.25) is 5.88 Å². The third kappa shape index (κ3) is 5.47. The van der Waals surface area contributed by atoms with Gasteiger partial charge in [-0.15, -0.1) is 0 Å². The Morgan fingerprint density at radius 1 is 0.784 bits per heavy atom. The predicted octanol–water partition coefficient (Wildman–Crippen LogP) is 7.69. The van der Waals surface area contributed by atoms with Crippen molar-refractivity contribution in [3.8, 4) is 17.0 Å². The summed E-state index contributed by atoms with van der Waals surface area (Å²) in [5.74, 6) is 0.608. The minimum atomic E-state index is -0.0456. The minimum Gasteiger partial charge on any atom is -0.481 e. The highest BCUT2D eigenvalue weighted by Gasteiger charge is 2.25.